The predicted molar refractivity (Wildman–Crippen MR) is 68.5 cm³/mol. The first-order chi connectivity index (χ1) is 7.72. The van der Waals surface area contributed by atoms with Gasteiger partial charge in [0.2, 0.25) is 0 Å². The minimum Gasteiger partial charge on any atom is -0.410 e. The molecule has 1 aromatic carbocycles. The molecule has 1 aromatic rings. The van der Waals surface area contributed by atoms with Crippen molar-refractivity contribution in [2.75, 3.05) is 18.1 Å². The van der Waals surface area contributed by atoms with Gasteiger partial charge in [-0.05, 0) is 30.0 Å². The first-order valence-corrected chi connectivity index (χ1v) is 6.54. The van der Waals surface area contributed by atoms with E-state index < -0.39 is 6.09 Å². The van der Waals surface area contributed by atoms with Crippen LogP contribution in [0.15, 0.2) is 24.3 Å². The largest absolute Gasteiger partial charge is 0.412 e. The lowest BCUT2D eigenvalue weighted by Gasteiger charge is -2.05. The van der Waals surface area contributed by atoms with Gasteiger partial charge in [-0.1, -0.05) is 18.5 Å². The van der Waals surface area contributed by atoms with E-state index in [0.717, 1.165) is 11.5 Å². The van der Waals surface area contributed by atoms with Crippen LogP contribution in [0.4, 0.5) is 4.79 Å². The third-order valence-electron chi connectivity index (χ3n) is 1.74. The van der Waals surface area contributed by atoms with Crippen molar-refractivity contribution in [3.63, 3.8) is 0 Å². The summed E-state index contributed by atoms with van der Waals surface area (Å²) in [5, 5.41) is 3.28. The zero-order valence-electron chi connectivity index (χ0n) is 9.03. The Bertz CT molecular complexity index is 329. The van der Waals surface area contributed by atoms with Gasteiger partial charge >= 0.3 is 6.09 Å². The van der Waals surface area contributed by atoms with Crippen LogP contribution in [0.3, 0.4) is 0 Å². The second-order valence-electron chi connectivity index (χ2n) is 2.97. The monoisotopic (exact) mass is 259 g/mol. The maximum absolute atomic E-state index is 11.3. The molecule has 1 rings (SSSR count). The predicted octanol–water partition coefficient (Wildman–Crippen LogP) is 3.18. The van der Waals surface area contributed by atoms with Gasteiger partial charge in [-0.15, -0.1) is 0 Å². The maximum atomic E-state index is 11.3. The number of thioether (sulfide) groups is 1. The zero-order chi connectivity index (χ0) is 11.8. The van der Waals surface area contributed by atoms with Gasteiger partial charge in [0, 0.05) is 17.3 Å². The van der Waals surface area contributed by atoms with Gasteiger partial charge < -0.3 is 10.1 Å². The highest BCUT2D eigenvalue weighted by Gasteiger charge is 2.02. The molecule has 88 valence electrons. The van der Waals surface area contributed by atoms with Crippen LogP contribution in [0.1, 0.15) is 6.92 Å². The van der Waals surface area contributed by atoms with Gasteiger partial charge in [0.05, 0.1) is 0 Å². The molecular formula is C11H14ClNO2S. The number of hydrogen-bond acceptors (Lipinski definition) is 3. The number of carbonyl (C=O) groups excluding carboxylic acids is 1. The zero-order valence-corrected chi connectivity index (χ0v) is 10.6. The Balaban J connectivity index is 2.26. The fraction of sp³-hybridized carbons (Fsp3) is 0.364. The second-order valence-corrected chi connectivity index (χ2v) is 4.80. The van der Waals surface area contributed by atoms with Crippen LogP contribution in [-0.4, -0.2) is 24.1 Å². The third-order valence-corrected chi connectivity index (χ3v) is 2.90. The molecule has 3 nitrogen and oxygen atoms in total. The molecule has 0 aromatic heterocycles. The van der Waals surface area contributed by atoms with Gasteiger partial charge in [0.15, 0.2) is 0 Å². The quantitative estimate of drug-likeness (QED) is 0.826. The topological polar surface area (TPSA) is 38.3 Å². The molecule has 1 N–H and O–H groups in total. The summed E-state index contributed by atoms with van der Waals surface area (Å²) in [4.78, 5) is 11.3. The van der Waals surface area contributed by atoms with E-state index in [-0.39, 0.29) is 0 Å². The van der Waals surface area contributed by atoms with Crippen LogP contribution in [0.5, 0.6) is 5.75 Å². The molecule has 16 heavy (non-hydrogen) atoms. The average molecular weight is 260 g/mol. The van der Waals surface area contributed by atoms with Crippen LogP contribution in [-0.2, 0) is 0 Å². The molecule has 0 saturated heterocycles. The molecule has 0 aliphatic rings. The van der Waals surface area contributed by atoms with E-state index in [1.54, 1.807) is 36.0 Å². The minimum absolute atomic E-state index is 0.431. The normalized spacial score (nSPS) is 9.88. The minimum atomic E-state index is -0.431. The first kappa shape index (κ1) is 13.2. The van der Waals surface area contributed by atoms with Crippen molar-refractivity contribution in [1.29, 1.82) is 0 Å². The third kappa shape index (κ3) is 5.28. The maximum Gasteiger partial charge on any atom is 0.412 e. The molecule has 0 spiro atoms. The number of benzene rings is 1. The van der Waals surface area contributed by atoms with Crippen molar-refractivity contribution in [2.24, 2.45) is 0 Å². The van der Waals surface area contributed by atoms with Gasteiger partial charge in [-0.2, -0.15) is 11.8 Å². The number of rotatable bonds is 5. The molecular weight excluding hydrogens is 246 g/mol. The van der Waals surface area contributed by atoms with E-state index in [1.807, 2.05) is 0 Å². The number of carbonyl (C=O) groups is 1. The van der Waals surface area contributed by atoms with Crippen LogP contribution in [0.25, 0.3) is 0 Å². The number of hydrogen-bond donors (Lipinski definition) is 1. The number of amides is 1. The van der Waals surface area contributed by atoms with E-state index in [4.69, 9.17) is 16.3 Å². The molecule has 0 bridgehead atoms. The SMILES string of the molecule is CCSCCNC(=O)Oc1ccc(Cl)cc1. The number of halogens is 1. The fourth-order valence-corrected chi connectivity index (χ4v) is 1.68. The van der Waals surface area contributed by atoms with Crippen molar-refractivity contribution < 1.29 is 9.53 Å². The van der Waals surface area contributed by atoms with Crippen LogP contribution in [0.2, 0.25) is 5.02 Å². The first-order valence-electron chi connectivity index (χ1n) is 5.01. The van der Waals surface area contributed by atoms with Crippen molar-refractivity contribution >= 4 is 29.5 Å². The van der Waals surface area contributed by atoms with Crippen LogP contribution >= 0.6 is 23.4 Å². The molecule has 0 unspecified atom stereocenters. The molecule has 0 atom stereocenters. The lowest BCUT2D eigenvalue weighted by Crippen LogP contribution is -2.28. The molecule has 0 aliphatic carbocycles. The summed E-state index contributed by atoms with van der Waals surface area (Å²) in [7, 11) is 0. The number of nitrogens with one attached hydrogen (secondary N) is 1. The van der Waals surface area contributed by atoms with E-state index >= 15 is 0 Å². The van der Waals surface area contributed by atoms with E-state index in [9.17, 15) is 4.79 Å². The van der Waals surface area contributed by atoms with Crippen molar-refractivity contribution in [2.45, 2.75) is 6.92 Å². The molecule has 0 fully saturated rings. The van der Waals surface area contributed by atoms with Gasteiger partial charge in [0.25, 0.3) is 0 Å². The molecule has 0 saturated carbocycles. The van der Waals surface area contributed by atoms with Gasteiger partial charge in [-0.25, -0.2) is 4.79 Å². The van der Waals surface area contributed by atoms with E-state index in [2.05, 4.69) is 12.2 Å². The average Bonchev–Trinajstić information content (AvgIpc) is 2.28. The standard InChI is InChI=1S/C11H14ClNO2S/c1-2-16-8-7-13-11(14)15-10-5-3-9(12)4-6-10/h3-6H,2,7-8H2,1H3,(H,13,14). The van der Waals surface area contributed by atoms with Gasteiger partial charge in [-0.3, -0.25) is 0 Å². The summed E-state index contributed by atoms with van der Waals surface area (Å²) in [6.45, 7) is 2.70. The molecule has 0 heterocycles. The fourth-order valence-electron chi connectivity index (χ4n) is 1.02. The lowest BCUT2D eigenvalue weighted by atomic mass is 10.3. The Morgan fingerprint density at radius 3 is 2.75 bits per heavy atom. The molecule has 1 amide bonds. The Kier molecular flexibility index (Phi) is 6.11. The molecule has 0 aliphatic heterocycles. The Labute approximate surface area is 105 Å². The molecule has 0 radical (unpaired) electrons. The number of ether oxygens (including phenoxy) is 1. The Morgan fingerprint density at radius 1 is 1.44 bits per heavy atom. The highest BCUT2D eigenvalue weighted by molar-refractivity contribution is 7.99. The Morgan fingerprint density at radius 2 is 2.12 bits per heavy atom. The Hall–Kier alpha value is -0.870. The summed E-state index contributed by atoms with van der Waals surface area (Å²) in [6.07, 6.45) is -0.431. The highest BCUT2D eigenvalue weighted by atomic mass is 35.5. The summed E-state index contributed by atoms with van der Waals surface area (Å²) in [5.41, 5.74) is 0. The summed E-state index contributed by atoms with van der Waals surface area (Å²) in [6, 6.07) is 6.67. The van der Waals surface area contributed by atoms with Crippen molar-refractivity contribution in [1.82, 2.24) is 5.32 Å². The van der Waals surface area contributed by atoms with Gasteiger partial charge in [0.1, 0.15) is 5.75 Å². The van der Waals surface area contributed by atoms with E-state index in [0.29, 0.717) is 17.3 Å². The van der Waals surface area contributed by atoms with Crippen molar-refractivity contribution in [3.8, 4) is 5.75 Å². The van der Waals surface area contributed by atoms with Crippen LogP contribution < -0.4 is 10.1 Å². The van der Waals surface area contributed by atoms with Crippen molar-refractivity contribution in [3.05, 3.63) is 29.3 Å². The summed E-state index contributed by atoms with van der Waals surface area (Å²) in [5.74, 6) is 2.44. The second kappa shape index (κ2) is 7.41. The summed E-state index contributed by atoms with van der Waals surface area (Å²) >= 11 is 7.48. The van der Waals surface area contributed by atoms with Crippen LogP contribution in [0, 0.1) is 0 Å². The smallest absolute Gasteiger partial charge is 0.410 e. The highest BCUT2D eigenvalue weighted by Crippen LogP contribution is 2.15. The lowest BCUT2D eigenvalue weighted by molar-refractivity contribution is 0.201. The van der Waals surface area contributed by atoms with E-state index in [1.165, 1.54) is 0 Å². The molecule has 5 heteroatoms. The summed E-state index contributed by atoms with van der Waals surface area (Å²) < 4.78 is 5.03.